The summed E-state index contributed by atoms with van der Waals surface area (Å²) >= 11 is 2.04. The summed E-state index contributed by atoms with van der Waals surface area (Å²) in [4.78, 5) is 2.89. The molecule has 5 aromatic carbocycles. The smallest absolute Gasteiger partial charge is 0.243 e. The van der Waals surface area contributed by atoms with Gasteiger partial charge in [0.1, 0.15) is 8.07 Å². The highest BCUT2D eigenvalue weighted by molar-refractivity contribution is 8.00. The largest absolute Gasteiger partial charge is 0.313 e. The number of hydrogen-bond donors (Lipinski definition) is 0. The molecule has 4 heterocycles. The molecule has 2 nitrogen and oxygen atoms in total. The number of benzene rings is 5. The number of fused-ring (bicyclic) bond motifs is 10. The second kappa shape index (κ2) is 11.4. The Morgan fingerprint density at radius 2 is 1.17 bits per heavy atom. The van der Waals surface area contributed by atoms with E-state index < -0.39 is 8.07 Å². The van der Waals surface area contributed by atoms with E-state index in [2.05, 4.69) is 140 Å². The van der Waals surface area contributed by atoms with E-state index in [4.69, 9.17) is 0 Å². The Bertz CT molecular complexity index is 2690. The van der Waals surface area contributed by atoms with Crippen molar-refractivity contribution in [3.8, 4) is 11.4 Å². The number of hydrogen-bond acceptors (Lipinski definition) is 1. The van der Waals surface area contributed by atoms with E-state index in [0.717, 1.165) is 12.8 Å². The van der Waals surface area contributed by atoms with Gasteiger partial charge in [0, 0.05) is 43.3 Å². The normalized spacial score (nSPS) is 17.0. The molecule has 262 valence electrons. The Hall–Kier alpha value is -4.19. The van der Waals surface area contributed by atoms with Gasteiger partial charge in [-0.2, -0.15) is 0 Å². The summed E-state index contributed by atoms with van der Waals surface area (Å²) in [6.45, 7) is 12.6. The maximum absolute atomic E-state index is 2.64. The molecule has 0 saturated heterocycles. The lowest BCUT2D eigenvalue weighted by Crippen LogP contribution is -2.77. The third-order valence-corrected chi connectivity index (χ3v) is 18.1. The highest BCUT2D eigenvalue weighted by atomic mass is 32.2. The molecule has 2 aromatic heterocycles. The lowest BCUT2D eigenvalue weighted by molar-refractivity contribution is 0.589. The van der Waals surface area contributed by atoms with Gasteiger partial charge in [0.05, 0.1) is 11.0 Å². The summed E-state index contributed by atoms with van der Waals surface area (Å²) < 4.78 is 5.25. The molecule has 0 amide bonds. The minimum atomic E-state index is -2.04. The van der Waals surface area contributed by atoms with E-state index in [-0.39, 0.29) is 12.1 Å². The molecular weight excluding hydrogens is 676 g/mol. The highest BCUT2D eigenvalue weighted by Crippen LogP contribution is 2.39. The van der Waals surface area contributed by atoms with Gasteiger partial charge < -0.3 is 9.13 Å². The molecule has 11 rings (SSSR count). The zero-order valence-corrected chi connectivity index (χ0v) is 33.6. The summed E-state index contributed by atoms with van der Waals surface area (Å²) in [5, 5.41) is 6.14. The molecule has 0 unspecified atom stereocenters. The van der Waals surface area contributed by atoms with Crippen LogP contribution >= 0.6 is 11.8 Å². The zero-order valence-electron chi connectivity index (χ0n) is 31.8. The van der Waals surface area contributed by atoms with Crippen molar-refractivity contribution in [1.82, 2.24) is 9.13 Å². The highest BCUT2D eigenvalue weighted by Gasteiger charge is 2.46. The predicted octanol–water partition coefficient (Wildman–Crippen LogP) is 8.75. The Morgan fingerprint density at radius 1 is 0.585 bits per heavy atom. The molecule has 5 heteroatoms. The first-order valence-electron chi connectivity index (χ1n) is 20.1. The van der Waals surface area contributed by atoms with Crippen LogP contribution in [0.4, 0.5) is 0 Å². The fraction of sp³-hybridized carbons (Fsp3) is 0.292. The van der Waals surface area contributed by atoms with Crippen molar-refractivity contribution in [2.45, 2.75) is 100 Å². The van der Waals surface area contributed by atoms with E-state index in [1.165, 1.54) is 109 Å². The third-order valence-electron chi connectivity index (χ3n) is 13.4. The Labute approximate surface area is 319 Å². The SMILES string of the molecule is CC(C)(C)c1cc2c3c(c1)[Si](C)(C)c1ccc(-n4c5c(c6ccccc64)CCCC5)cc1B3c1ccc(-n3c4c(c5ccccc53)CCCC4)cc1S2. The minimum absolute atomic E-state index is 0.0794. The number of rotatable bonds is 2. The molecule has 0 N–H and O–H groups in total. The number of aryl methyl sites for hydroxylation is 2. The first kappa shape index (κ1) is 32.3. The van der Waals surface area contributed by atoms with Gasteiger partial charge in [-0.15, -0.1) is 0 Å². The van der Waals surface area contributed by atoms with Crippen LogP contribution in [-0.2, 0) is 31.1 Å². The third kappa shape index (κ3) is 4.59. The average molecular weight is 723 g/mol. The standard InChI is InChI=1S/C48H47BN2SSi/c1-48(2,3)30-26-44-47-46(27-30)53(4,5)45-25-23-31(50-39-18-10-6-14-33(39)34-15-7-11-19-40(34)50)28-38(45)49(47)37-24-22-32(29-43(37)52-44)51-41-20-12-8-16-35(41)36-17-9-13-21-42(36)51/h6,8,10,12,14,16,18,20,22-29H,7,9,11,13,15,17,19,21H2,1-5H3. The van der Waals surface area contributed by atoms with Crippen molar-refractivity contribution in [2.75, 3.05) is 0 Å². The lowest BCUT2D eigenvalue weighted by Gasteiger charge is -2.42. The number of para-hydroxylation sites is 2. The summed E-state index contributed by atoms with van der Waals surface area (Å²) in [5.41, 5.74) is 17.7. The van der Waals surface area contributed by atoms with Crippen LogP contribution in [0.1, 0.15) is 74.5 Å². The van der Waals surface area contributed by atoms with E-state index in [1.807, 2.05) is 11.8 Å². The fourth-order valence-corrected chi connectivity index (χ4v) is 15.3. The van der Waals surface area contributed by atoms with Gasteiger partial charge in [-0.3, -0.25) is 0 Å². The lowest BCUT2D eigenvalue weighted by atomic mass is 9.36. The molecule has 0 spiro atoms. The van der Waals surface area contributed by atoms with Gasteiger partial charge in [0.15, 0.2) is 0 Å². The zero-order chi connectivity index (χ0) is 35.8. The van der Waals surface area contributed by atoms with E-state index in [9.17, 15) is 0 Å². The molecule has 2 aliphatic heterocycles. The second-order valence-electron chi connectivity index (χ2n) is 17.8. The fourth-order valence-electron chi connectivity index (χ4n) is 10.8. The molecule has 2 aliphatic carbocycles. The van der Waals surface area contributed by atoms with Crippen molar-refractivity contribution in [3.63, 3.8) is 0 Å². The maximum atomic E-state index is 2.64. The van der Waals surface area contributed by atoms with Crippen molar-refractivity contribution in [1.29, 1.82) is 0 Å². The Balaban J connectivity index is 1.16. The number of nitrogens with zero attached hydrogens (tertiary/aromatic N) is 2. The van der Waals surface area contributed by atoms with Crippen LogP contribution in [-0.4, -0.2) is 23.9 Å². The monoisotopic (exact) mass is 722 g/mol. The summed E-state index contributed by atoms with van der Waals surface area (Å²) in [7, 11) is -2.04. The van der Waals surface area contributed by atoms with Crippen molar-refractivity contribution >= 4 is 75.1 Å². The van der Waals surface area contributed by atoms with Gasteiger partial charge in [-0.05, 0) is 116 Å². The van der Waals surface area contributed by atoms with E-state index in [0.29, 0.717) is 0 Å². The van der Waals surface area contributed by atoms with Crippen LogP contribution in [0.25, 0.3) is 33.2 Å². The molecule has 0 saturated carbocycles. The van der Waals surface area contributed by atoms with Gasteiger partial charge in [0.2, 0.25) is 6.71 Å². The van der Waals surface area contributed by atoms with Crippen molar-refractivity contribution in [2.24, 2.45) is 0 Å². The molecule has 0 fully saturated rings. The number of aromatic nitrogens is 2. The molecular formula is C48H47BN2SSi. The van der Waals surface area contributed by atoms with E-state index >= 15 is 0 Å². The Kier molecular flexibility index (Phi) is 6.95. The molecule has 53 heavy (non-hydrogen) atoms. The predicted molar refractivity (Wildman–Crippen MR) is 231 cm³/mol. The van der Waals surface area contributed by atoms with Gasteiger partial charge in [-0.1, -0.05) is 127 Å². The van der Waals surface area contributed by atoms with Gasteiger partial charge >= 0.3 is 0 Å². The molecule has 0 bridgehead atoms. The van der Waals surface area contributed by atoms with Crippen LogP contribution < -0.4 is 26.8 Å². The van der Waals surface area contributed by atoms with Gasteiger partial charge in [-0.25, -0.2) is 0 Å². The van der Waals surface area contributed by atoms with Crippen LogP contribution in [0.5, 0.6) is 0 Å². The van der Waals surface area contributed by atoms with Crippen LogP contribution in [0.2, 0.25) is 13.1 Å². The summed E-state index contributed by atoms with van der Waals surface area (Å²) in [6.07, 6.45) is 9.83. The minimum Gasteiger partial charge on any atom is -0.313 e. The maximum Gasteiger partial charge on any atom is 0.243 e. The first-order valence-corrected chi connectivity index (χ1v) is 23.9. The average Bonchev–Trinajstić information content (AvgIpc) is 3.68. The molecule has 0 radical (unpaired) electrons. The summed E-state index contributed by atoms with van der Waals surface area (Å²) in [6, 6.07) is 38.6. The molecule has 0 atom stereocenters. The summed E-state index contributed by atoms with van der Waals surface area (Å²) in [5.74, 6) is 0. The van der Waals surface area contributed by atoms with Crippen LogP contribution in [0.15, 0.2) is 107 Å². The second-order valence-corrected chi connectivity index (χ2v) is 23.2. The van der Waals surface area contributed by atoms with Gasteiger partial charge in [0.25, 0.3) is 0 Å². The first-order chi connectivity index (χ1) is 25.7. The Morgan fingerprint density at radius 3 is 1.81 bits per heavy atom. The van der Waals surface area contributed by atoms with Crippen molar-refractivity contribution < 1.29 is 0 Å². The quantitative estimate of drug-likeness (QED) is 0.162. The van der Waals surface area contributed by atoms with Crippen molar-refractivity contribution in [3.05, 3.63) is 125 Å². The molecule has 4 aliphatic rings. The van der Waals surface area contributed by atoms with Crippen LogP contribution in [0, 0.1) is 0 Å². The topological polar surface area (TPSA) is 9.86 Å². The molecule has 7 aromatic rings. The van der Waals surface area contributed by atoms with E-state index in [1.54, 1.807) is 27.0 Å². The van der Waals surface area contributed by atoms with Crippen LogP contribution in [0.3, 0.4) is 0 Å².